The number of thiophene rings is 1. The molecule has 0 aliphatic rings. The summed E-state index contributed by atoms with van der Waals surface area (Å²) in [6, 6.07) is 12.0. The normalized spacial score (nSPS) is 12.6. The van der Waals surface area contributed by atoms with Crippen molar-refractivity contribution in [3.8, 4) is 0 Å². The maximum absolute atomic E-state index is 10.2. The van der Waals surface area contributed by atoms with Crippen LogP contribution in [0.3, 0.4) is 0 Å². The fourth-order valence-electron chi connectivity index (χ4n) is 2.94. The molecule has 0 radical (unpaired) electrons. The number of aromatic amines is 1. The molecule has 0 spiro atoms. The maximum atomic E-state index is 10.2. The van der Waals surface area contributed by atoms with Crippen LogP contribution >= 0.6 is 46.9 Å². The highest BCUT2D eigenvalue weighted by atomic mass is 127. The molecule has 0 amide bonds. The number of aliphatic hydroxyl groups is 1. The number of fused-ring (bicyclic) bond motifs is 1. The molecular weight excluding hydrogens is 507 g/mol. The van der Waals surface area contributed by atoms with Gasteiger partial charge in [0, 0.05) is 35.1 Å². The van der Waals surface area contributed by atoms with Gasteiger partial charge in [0.1, 0.15) is 6.10 Å². The number of aliphatic imine (C=N–C) groups is 1. The number of benzene rings is 1. The highest BCUT2D eigenvalue weighted by Crippen LogP contribution is 2.26. The lowest BCUT2D eigenvalue weighted by Crippen LogP contribution is -2.38. The van der Waals surface area contributed by atoms with E-state index >= 15 is 0 Å². The van der Waals surface area contributed by atoms with Gasteiger partial charge in [-0.05, 0) is 43.5 Å². The van der Waals surface area contributed by atoms with E-state index in [-0.39, 0.29) is 24.0 Å². The van der Waals surface area contributed by atoms with Crippen LogP contribution in [-0.4, -0.2) is 35.7 Å². The second-order valence-electron chi connectivity index (χ2n) is 6.27. The van der Waals surface area contributed by atoms with E-state index in [2.05, 4.69) is 45.0 Å². The van der Waals surface area contributed by atoms with Gasteiger partial charge in [-0.15, -0.1) is 35.3 Å². The molecule has 0 saturated carbocycles. The van der Waals surface area contributed by atoms with Gasteiger partial charge in [-0.25, -0.2) is 0 Å². The maximum Gasteiger partial charge on any atom is 0.191 e. The summed E-state index contributed by atoms with van der Waals surface area (Å²) in [5.41, 5.74) is 2.51. The van der Waals surface area contributed by atoms with Gasteiger partial charge >= 0.3 is 0 Å². The van der Waals surface area contributed by atoms with Gasteiger partial charge in [-0.3, -0.25) is 4.99 Å². The van der Waals surface area contributed by atoms with Crippen LogP contribution in [0.4, 0.5) is 0 Å². The molecule has 2 aromatic heterocycles. The molecule has 152 valence electrons. The second-order valence-corrected chi connectivity index (χ2v) is 8.01. The van der Waals surface area contributed by atoms with E-state index in [4.69, 9.17) is 11.6 Å². The molecule has 0 saturated heterocycles. The molecular formula is C20H26ClIN4OS. The minimum Gasteiger partial charge on any atom is -0.386 e. The Hall–Kier alpha value is -1.29. The van der Waals surface area contributed by atoms with E-state index in [1.807, 2.05) is 19.1 Å². The number of H-pyrrole nitrogens is 1. The number of aromatic nitrogens is 1. The third-order valence-corrected chi connectivity index (χ3v) is 5.61. The van der Waals surface area contributed by atoms with Crippen molar-refractivity contribution in [1.82, 2.24) is 15.6 Å². The Morgan fingerprint density at radius 1 is 1.25 bits per heavy atom. The zero-order valence-corrected chi connectivity index (χ0v) is 19.6. The average molecular weight is 533 g/mol. The van der Waals surface area contributed by atoms with E-state index < -0.39 is 6.10 Å². The third-order valence-electron chi connectivity index (χ3n) is 4.28. The monoisotopic (exact) mass is 532 g/mol. The predicted octanol–water partition coefficient (Wildman–Crippen LogP) is 4.72. The van der Waals surface area contributed by atoms with Crippen LogP contribution < -0.4 is 10.6 Å². The van der Waals surface area contributed by atoms with Crippen molar-refractivity contribution in [3.63, 3.8) is 0 Å². The minimum absolute atomic E-state index is 0. The first-order chi connectivity index (χ1) is 13.2. The highest BCUT2D eigenvalue weighted by Gasteiger charge is 2.10. The van der Waals surface area contributed by atoms with Crippen molar-refractivity contribution in [3.05, 3.63) is 57.4 Å². The van der Waals surface area contributed by atoms with Crippen LogP contribution in [0.5, 0.6) is 0 Å². The third kappa shape index (κ3) is 6.37. The number of aryl methyl sites for hydroxylation is 1. The van der Waals surface area contributed by atoms with Crippen molar-refractivity contribution < 1.29 is 5.11 Å². The standard InChI is InChI=1S/C20H25ClN4OS.HI/c1-2-22-20(25-13-17(26)18-9-10-19(21)27-18)23-11-5-6-14-12-24-16-8-4-3-7-15(14)16;/h3-4,7-10,12,17,24,26H,2,5-6,11,13H2,1H3,(H2,22,23,25);1H. The Morgan fingerprint density at radius 2 is 2.07 bits per heavy atom. The van der Waals surface area contributed by atoms with E-state index in [0.29, 0.717) is 10.9 Å². The lowest BCUT2D eigenvalue weighted by Gasteiger charge is -2.12. The predicted molar refractivity (Wildman–Crippen MR) is 130 cm³/mol. The molecule has 3 rings (SSSR count). The molecule has 2 heterocycles. The number of rotatable bonds is 8. The average Bonchev–Trinajstić information content (AvgIpc) is 3.29. The van der Waals surface area contributed by atoms with Crippen molar-refractivity contribution >= 4 is 63.8 Å². The number of hydrogen-bond acceptors (Lipinski definition) is 3. The number of guanidine groups is 1. The molecule has 8 heteroatoms. The molecule has 5 nitrogen and oxygen atoms in total. The summed E-state index contributed by atoms with van der Waals surface area (Å²) >= 11 is 7.31. The largest absolute Gasteiger partial charge is 0.386 e. The first kappa shape index (κ1) is 23.0. The second kappa shape index (κ2) is 11.6. The van der Waals surface area contributed by atoms with Gasteiger partial charge in [0.05, 0.1) is 10.9 Å². The number of halogens is 2. The van der Waals surface area contributed by atoms with Crippen LogP contribution in [0.15, 0.2) is 47.6 Å². The van der Waals surface area contributed by atoms with Gasteiger partial charge < -0.3 is 20.7 Å². The highest BCUT2D eigenvalue weighted by molar-refractivity contribution is 14.0. The van der Waals surface area contributed by atoms with Crippen molar-refractivity contribution in [2.45, 2.75) is 25.9 Å². The van der Waals surface area contributed by atoms with E-state index in [9.17, 15) is 5.11 Å². The zero-order valence-electron chi connectivity index (χ0n) is 15.7. The number of nitrogens with one attached hydrogen (secondary N) is 3. The zero-order chi connectivity index (χ0) is 19.1. The minimum atomic E-state index is -0.635. The molecule has 0 bridgehead atoms. The summed E-state index contributed by atoms with van der Waals surface area (Å²) in [5, 5.41) is 18.1. The fraction of sp³-hybridized carbons (Fsp3) is 0.350. The smallest absolute Gasteiger partial charge is 0.191 e. The Bertz CT molecular complexity index is 895. The molecule has 1 atom stereocenters. The van der Waals surface area contributed by atoms with Gasteiger partial charge in [0.25, 0.3) is 0 Å². The summed E-state index contributed by atoms with van der Waals surface area (Å²) in [7, 11) is 0. The number of nitrogens with zero attached hydrogens (tertiary/aromatic N) is 1. The summed E-state index contributed by atoms with van der Waals surface area (Å²) < 4.78 is 0.676. The topological polar surface area (TPSA) is 72.4 Å². The number of aliphatic hydroxyl groups excluding tert-OH is 1. The summed E-state index contributed by atoms with van der Waals surface area (Å²) in [6.45, 7) is 3.91. The van der Waals surface area contributed by atoms with Crippen LogP contribution in [-0.2, 0) is 6.42 Å². The molecule has 3 aromatic rings. The molecule has 0 aliphatic heterocycles. The van der Waals surface area contributed by atoms with Crippen LogP contribution in [0.1, 0.15) is 29.9 Å². The molecule has 1 aromatic carbocycles. The lowest BCUT2D eigenvalue weighted by molar-refractivity contribution is 0.191. The SMILES string of the molecule is CCNC(=NCC(O)c1ccc(Cl)s1)NCCCc1c[nH]c2ccccc12.I. The van der Waals surface area contributed by atoms with Gasteiger partial charge in [-0.2, -0.15) is 0 Å². The Morgan fingerprint density at radius 3 is 2.82 bits per heavy atom. The van der Waals surface area contributed by atoms with E-state index in [1.165, 1.54) is 27.8 Å². The van der Waals surface area contributed by atoms with Crippen molar-refractivity contribution in [2.75, 3.05) is 19.6 Å². The Labute approximate surface area is 191 Å². The lowest BCUT2D eigenvalue weighted by atomic mass is 10.1. The number of hydrogen-bond donors (Lipinski definition) is 4. The van der Waals surface area contributed by atoms with E-state index in [0.717, 1.165) is 36.8 Å². The van der Waals surface area contributed by atoms with Gasteiger partial charge in [-0.1, -0.05) is 29.8 Å². The first-order valence-electron chi connectivity index (χ1n) is 9.18. The van der Waals surface area contributed by atoms with Crippen LogP contribution in [0, 0.1) is 0 Å². The molecule has 0 fully saturated rings. The fourth-order valence-corrected chi connectivity index (χ4v) is 3.98. The van der Waals surface area contributed by atoms with Crippen LogP contribution in [0.25, 0.3) is 10.9 Å². The van der Waals surface area contributed by atoms with Gasteiger partial charge in [0.2, 0.25) is 0 Å². The quantitative estimate of drug-likeness (QED) is 0.147. The molecule has 0 aliphatic carbocycles. The summed E-state index contributed by atoms with van der Waals surface area (Å²) in [5.74, 6) is 0.720. The molecule has 1 unspecified atom stereocenters. The Kier molecular flexibility index (Phi) is 9.57. The van der Waals surface area contributed by atoms with Crippen molar-refractivity contribution in [1.29, 1.82) is 0 Å². The van der Waals surface area contributed by atoms with E-state index in [1.54, 1.807) is 6.07 Å². The molecule has 4 N–H and O–H groups in total. The Balaban J connectivity index is 0.00000280. The summed E-state index contributed by atoms with van der Waals surface area (Å²) in [4.78, 5) is 8.63. The first-order valence-corrected chi connectivity index (χ1v) is 10.4. The van der Waals surface area contributed by atoms with Crippen molar-refractivity contribution in [2.24, 2.45) is 4.99 Å². The van der Waals surface area contributed by atoms with Crippen LogP contribution in [0.2, 0.25) is 4.34 Å². The summed E-state index contributed by atoms with van der Waals surface area (Å²) in [6.07, 6.45) is 3.44. The number of para-hydroxylation sites is 1. The van der Waals surface area contributed by atoms with Gasteiger partial charge in [0.15, 0.2) is 5.96 Å². The molecule has 28 heavy (non-hydrogen) atoms.